The fourth-order valence-electron chi connectivity index (χ4n) is 1.97. The monoisotopic (exact) mass is 335 g/mol. The van der Waals surface area contributed by atoms with Crippen LogP contribution < -0.4 is 5.32 Å². The zero-order valence-corrected chi connectivity index (χ0v) is 12.8. The molecule has 2 rings (SSSR count). The Morgan fingerprint density at radius 3 is 2.96 bits per heavy atom. The molecule has 9 heteroatoms. The molecule has 0 aliphatic carbocycles. The molecular weight excluding hydrogens is 322 g/mol. The van der Waals surface area contributed by atoms with Crippen molar-refractivity contribution >= 4 is 17.3 Å². The Morgan fingerprint density at radius 1 is 1.57 bits per heavy atom. The average Bonchev–Trinajstić information content (AvgIpc) is 2.96. The Hall–Kier alpha value is -2.47. The molecule has 0 bridgehead atoms. The zero-order valence-electron chi connectivity index (χ0n) is 12.0. The number of nitro groups is 1. The molecule has 1 aromatic carbocycles. The van der Waals surface area contributed by atoms with E-state index in [4.69, 9.17) is 16.9 Å². The number of halogens is 1. The third-order valence-electron chi connectivity index (χ3n) is 3.09. The van der Waals surface area contributed by atoms with Gasteiger partial charge in [-0.05, 0) is 17.7 Å². The summed E-state index contributed by atoms with van der Waals surface area (Å²) in [5, 5.41) is 36.5. The molecule has 2 N–H and O–H groups in total. The molecule has 0 aliphatic heterocycles. The van der Waals surface area contributed by atoms with Gasteiger partial charge in [0.15, 0.2) is 0 Å². The summed E-state index contributed by atoms with van der Waals surface area (Å²) in [4.78, 5) is 10.0. The number of nitrogens with one attached hydrogen (secondary N) is 1. The van der Waals surface area contributed by atoms with Crippen LogP contribution in [0, 0.1) is 21.4 Å². The first-order valence-corrected chi connectivity index (χ1v) is 7.11. The van der Waals surface area contributed by atoms with Crippen LogP contribution in [-0.2, 0) is 13.1 Å². The highest BCUT2D eigenvalue weighted by Crippen LogP contribution is 2.16. The second-order valence-electron chi connectivity index (χ2n) is 4.89. The fourth-order valence-corrected chi connectivity index (χ4v) is 2.22. The van der Waals surface area contributed by atoms with Crippen LogP contribution in [0.2, 0.25) is 5.02 Å². The number of rotatable bonds is 7. The highest BCUT2D eigenvalue weighted by Gasteiger charge is 2.11. The van der Waals surface area contributed by atoms with Crippen molar-refractivity contribution < 1.29 is 10.0 Å². The molecule has 0 radical (unpaired) electrons. The number of aromatic nitrogens is 2. The van der Waals surface area contributed by atoms with Crippen molar-refractivity contribution in [3.8, 4) is 6.07 Å². The molecule has 1 aromatic heterocycles. The Bertz CT molecular complexity index is 740. The third kappa shape index (κ3) is 4.75. The summed E-state index contributed by atoms with van der Waals surface area (Å²) in [6.45, 7) is 0.905. The van der Waals surface area contributed by atoms with Crippen molar-refractivity contribution in [3.63, 3.8) is 0 Å². The number of aliphatic hydroxyl groups is 1. The number of hydrogen-bond acceptors (Lipinski definition) is 6. The van der Waals surface area contributed by atoms with Crippen molar-refractivity contribution in [1.29, 1.82) is 5.26 Å². The van der Waals surface area contributed by atoms with Crippen molar-refractivity contribution in [1.82, 2.24) is 15.1 Å². The molecule has 8 nitrogen and oxygen atoms in total. The lowest BCUT2D eigenvalue weighted by Gasteiger charge is -2.12. The zero-order chi connectivity index (χ0) is 16.8. The van der Waals surface area contributed by atoms with Gasteiger partial charge in [0.2, 0.25) is 0 Å². The van der Waals surface area contributed by atoms with Crippen molar-refractivity contribution in [2.24, 2.45) is 0 Å². The summed E-state index contributed by atoms with van der Waals surface area (Å²) >= 11 is 5.94. The van der Waals surface area contributed by atoms with Crippen LogP contribution in [0.15, 0.2) is 30.6 Å². The molecule has 0 fully saturated rings. The van der Waals surface area contributed by atoms with E-state index in [-0.39, 0.29) is 18.8 Å². The van der Waals surface area contributed by atoms with E-state index in [1.54, 1.807) is 18.2 Å². The van der Waals surface area contributed by atoms with E-state index in [0.717, 1.165) is 11.8 Å². The highest BCUT2D eigenvalue weighted by molar-refractivity contribution is 6.31. The van der Waals surface area contributed by atoms with Gasteiger partial charge >= 0.3 is 5.69 Å². The smallest absolute Gasteiger partial charge is 0.306 e. The number of benzene rings is 1. The lowest BCUT2D eigenvalue weighted by molar-refractivity contribution is -0.385. The van der Waals surface area contributed by atoms with E-state index < -0.39 is 11.0 Å². The van der Waals surface area contributed by atoms with E-state index in [9.17, 15) is 15.2 Å². The Kier molecular flexibility index (Phi) is 5.65. The molecule has 0 spiro atoms. The minimum Gasteiger partial charge on any atom is -0.390 e. The molecule has 0 saturated carbocycles. The molecule has 1 atom stereocenters. The van der Waals surface area contributed by atoms with E-state index >= 15 is 0 Å². The van der Waals surface area contributed by atoms with Crippen LogP contribution in [0.3, 0.4) is 0 Å². The maximum atomic E-state index is 10.5. The normalized spacial score (nSPS) is 11.9. The van der Waals surface area contributed by atoms with Gasteiger partial charge in [0, 0.05) is 13.1 Å². The van der Waals surface area contributed by atoms with Gasteiger partial charge in [0.05, 0.1) is 28.2 Å². The van der Waals surface area contributed by atoms with Gasteiger partial charge in [-0.3, -0.25) is 14.8 Å². The minimum atomic E-state index is -0.747. The Labute approximate surface area is 137 Å². The molecule has 1 unspecified atom stereocenters. The molecule has 2 aromatic rings. The summed E-state index contributed by atoms with van der Waals surface area (Å²) in [7, 11) is 0. The van der Waals surface area contributed by atoms with E-state index in [1.807, 2.05) is 6.07 Å². The summed E-state index contributed by atoms with van der Waals surface area (Å²) in [6.07, 6.45) is 1.66. The number of nitrogens with zero attached hydrogens (tertiary/aromatic N) is 4. The number of nitriles is 1. The van der Waals surface area contributed by atoms with Gasteiger partial charge < -0.3 is 10.4 Å². The van der Waals surface area contributed by atoms with Crippen LogP contribution >= 0.6 is 11.6 Å². The Morgan fingerprint density at radius 2 is 2.35 bits per heavy atom. The SMILES string of the molecule is N#Cc1ccc(CNCC(O)Cn2cc([N+](=O)[O-])cn2)cc1Cl. The first-order chi connectivity index (χ1) is 11.0. The van der Waals surface area contributed by atoms with Gasteiger partial charge in [-0.15, -0.1) is 0 Å². The van der Waals surface area contributed by atoms with Crippen molar-refractivity contribution in [2.45, 2.75) is 19.2 Å². The summed E-state index contributed by atoms with van der Waals surface area (Å²) < 4.78 is 1.32. The second kappa shape index (κ2) is 7.69. The highest BCUT2D eigenvalue weighted by atomic mass is 35.5. The summed E-state index contributed by atoms with van der Waals surface area (Å²) in [5.74, 6) is 0. The topological polar surface area (TPSA) is 117 Å². The van der Waals surface area contributed by atoms with Crippen LogP contribution in [0.1, 0.15) is 11.1 Å². The predicted octanol–water partition coefficient (Wildman–Crippen LogP) is 1.47. The molecule has 0 aliphatic rings. The lowest BCUT2D eigenvalue weighted by Crippen LogP contribution is -2.30. The second-order valence-corrected chi connectivity index (χ2v) is 5.30. The summed E-state index contributed by atoms with van der Waals surface area (Å²) in [6, 6.07) is 7.09. The maximum Gasteiger partial charge on any atom is 0.306 e. The van der Waals surface area contributed by atoms with Crippen LogP contribution in [0.4, 0.5) is 5.69 Å². The predicted molar refractivity (Wildman–Crippen MR) is 82.8 cm³/mol. The van der Waals surface area contributed by atoms with E-state index in [1.165, 1.54) is 10.9 Å². The van der Waals surface area contributed by atoms with Crippen LogP contribution in [0.5, 0.6) is 0 Å². The molecular formula is C14H14ClN5O3. The maximum absolute atomic E-state index is 10.5. The molecule has 0 saturated heterocycles. The molecule has 0 amide bonds. The standard InChI is InChI=1S/C14H14ClN5O3/c15-14-3-10(1-2-11(14)4-16)5-17-7-13(21)9-19-8-12(6-18-19)20(22)23/h1-3,6,8,13,17,21H,5,7,9H2. The van der Waals surface area contributed by atoms with Crippen LogP contribution in [-0.4, -0.2) is 32.5 Å². The van der Waals surface area contributed by atoms with Gasteiger partial charge in [0.1, 0.15) is 18.5 Å². The van der Waals surface area contributed by atoms with E-state index in [0.29, 0.717) is 17.1 Å². The van der Waals surface area contributed by atoms with Crippen LogP contribution in [0.25, 0.3) is 0 Å². The minimum absolute atomic E-state index is 0.114. The van der Waals surface area contributed by atoms with Gasteiger partial charge in [0.25, 0.3) is 0 Å². The quantitative estimate of drug-likeness (QED) is 0.584. The molecule has 1 heterocycles. The molecule has 23 heavy (non-hydrogen) atoms. The van der Waals surface area contributed by atoms with E-state index in [2.05, 4.69) is 10.4 Å². The first kappa shape index (κ1) is 16.9. The van der Waals surface area contributed by atoms with Gasteiger partial charge in [-0.2, -0.15) is 10.4 Å². The molecule has 120 valence electrons. The lowest BCUT2D eigenvalue weighted by atomic mass is 10.1. The van der Waals surface area contributed by atoms with Gasteiger partial charge in [-0.1, -0.05) is 17.7 Å². The number of aliphatic hydroxyl groups excluding tert-OH is 1. The first-order valence-electron chi connectivity index (χ1n) is 6.73. The average molecular weight is 336 g/mol. The largest absolute Gasteiger partial charge is 0.390 e. The number of hydrogen-bond donors (Lipinski definition) is 2. The van der Waals surface area contributed by atoms with Crippen molar-refractivity contribution in [3.05, 3.63) is 56.9 Å². The van der Waals surface area contributed by atoms with Crippen molar-refractivity contribution in [2.75, 3.05) is 6.54 Å². The summed E-state index contributed by atoms with van der Waals surface area (Å²) in [5.41, 5.74) is 1.18. The van der Waals surface area contributed by atoms with Gasteiger partial charge in [-0.25, -0.2) is 0 Å². The third-order valence-corrected chi connectivity index (χ3v) is 3.40. The Balaban J connectivity index is 1.80. The fraction of sp³-hybridized carbons (Fsp3) is 0.286.